The average Bonchev–Trinajstić information content (AvgIpc) is 2.88. The van der Waals surface area contributed by atoms with E-state index in [2.05, 4.69) is 5.32 Å². The molecule has 0 aromatic carbocycles. The van der Waals surface area contributed by atoms with Crippen molar-refractivity contribution in [3.8, 4) is 0 Å². The van der Waals surface area contributed by atoms with Crippen LogP contribution in [-0.4, -0.2) is 24.2 Å². The van der Waals surface area contributed by atoms with Gasteiger partial charge >= 0.3 is 7.12 Å². The van der Waals surface area contributed by atoms with Crippen molar-refractivity contribution >= 4 is 35.6 Å². The Hall–Kier alpha value is -1.18. The minimum atomic E-state index is -1.02. The molecule has 118 valence electrons. The van der Waals surface area contributed by atoms with Crippen LogP contribution in [-0.2, 0) is 14.1 Å². The fraction of sp³-hybridized carbons (Fsp3) is 0.533. The van der Waals surface area contributed by atoms with Crippen LogP contribution in [0.1, 0.15) is 45.4 Å². The monoisotopic (exact) mass is 323 g/mol. The lowest BCUT2D eigenvalue weighted by Gasteiger charge is -2.32. The summed E-state index contributed by atoms with van der Waals surface area (Å²) >= 11 is 1.41. The molecule has 2 aliphatic rings. The molecule has 0 spiro atoms. The van der Waals surface area contributed by atoms with E-state index in [1.54, 1.807) is 6.07 Å². The standard InChI is InChI=1S/C15H19BFNO3S/c1-14(2)15(3,4)21-16(20-14)13(17)9-5-6-11(19)18-10-7-8-22-12(9)10/h7-8H,5-6H2,1-4H3,(H,18,19). The van der Waals surface area contributed by atoms with Gasteiger partial charge in [-0.25, -0.2) is 4.39 Å². The fourth-order valence-corrected chi connectivity index (χ4v) is 3.45. The van der Waals surface area contributed by atoms with Gasteiger partial charge in [0.05, 0.1) is 21.8 Å². The van der Waals surface area contributed by atoms with Crippen molar-refractivity contribution in [3.63, 3.8) is 0 Å². The van der Waals surface area contributed by atoms with Crippen LogP contribution in [0.25, 0.3) is 5.57 Å². The maximum Gasteiger partial charge on any atom is 0.525 e. The molecule has 0 saturated carbocycles. The van der Waals surface area contributed by atoms with E-state index in [9.17, 15) is 4.79 Å². The summed E-state index contributed by atoms with van der Waals surface area (Å²) < 4.78 is 26.6. The van der Waals surface area contributed by atoms with E-state index in [0.29, 0.717) is 17.7 Å². The summed E-state index contributed by atoms with van der Waals surface area (Å²) in [6.45, 7) is 7.55. The zero-order valence-electron chi connectivity index (χ0n) is 13.2. The highest BCUT2D eigenvalue weighted by atomic mass is 32.1. The number of anilines is 1. The molecule has 1 N–H and O–H groups in total. The van der Waals surface area contributed by atoms with Crippen molar-refractivity contribution in [1.82, 2.24) is 0 Å². The largest absolute Gasteiger partial charge is 0.525 e. The maximum atomic E-state index is 15.0. The van der Waals surface area contributed by atoms with Gasteiger partial charge in [-0.15, -0.1) is 11.3 Å². The summed E-state index contributed by atoms with van der Waals surface area (Å²) in [6, 6.07) is 1.79. The zero-order valence-corrected chi connectivity index (χ0v) is 14.0. The predicted molar refractivity (Wildman–Crippen MR) is 86.3 cm³/mol. The van der Waals surface area contributed by atoms with Gasteiger partial charge in [0.2, 0.25) is 5.91 Å². The van der Waals surface area contributed by atoms with E-state index < -0.39 is 24.0 Å². The first kappa shape index (κ1) is 15.7. The Morgan fingerprint density at radius 3 is 2.55 bits per heavy atom. The van der Waals surface area contributed by atoms with Crippen molar-refractivity contribution in [1.29, 1.82) is 0 Å². The molecule has 3 heterocycles. The molecule has 1 aromatic rings. The van der Waals surface area contributed by atoms with Crippen molar-refractivity contribution in [2.75, 3.05) is 5.32 Å². The second kappa shape index (κ2) is 5.18. The summed E-state index contributed by atoms with van der Waals surface area (Å²) in [4.78, 5) is 12.5. The lowest BCUT2D eigenvalue weighted by molar-refractivity contribution is -0.116. The van der Waals surface area contributed by atoms with Crippen molar-refractivity contribution in [3.05, 3.63) is 22.0 Å². The molecule has 0 bridgehead atoms. The molecule has 4 nitrogen and oxygen atoms in total. The Kier molecular flexibility index (Phi) is 3.70. The van der Waals surface area contributed by atoms with Crippen LogP contribution in [0, 0.1) is 0 Å². The topological polar surface area (TPSA) is 47.6 Å². The average molecular weight is 323 g/mol. The minimum Gasteiger partial charge on any atom is -0.398 e. The molecule has 0 radical (unpaired) electrons. The molecule has 22 heavy (non-hydrogen) atoms. The minimum absolute atomic E-state index is 0.101. The number of fused-ring (bicyclic) bond motifs is 1. The van der Waals surface area contributed by atoms with E-state index in [1.165, 1.54) is 11.3 Å². The molecule has 1 saturated heterocycles. The van der Waals surface area contributed by atoms with Crippen LogP contribution >= 0.6 is 11.3 Å². The number of thiophene rings is 1. The van der Waals surface area contributed by atoms with Gasteiger partial charge in [0.1, 0.15) is 5.73 Å². The van der Waals surface area contributed by atoms with E-state index >= 15 is 4.39 Å². The highest BCUT2D eigenvalue weighted by Crippen LogP contribution is 2.43. The Bertz CT molecular complexity index is 637. The number of carbonyl (C=O) groups is 1. The Morgan fingerprint density at radius 1 is 1.27 bits per heavy atom. The van der Waals surface area contributed by atoms with Gasteiger partial charge < -0.3 is 14.6 Å². The maximum absolute atomic E-state index is 15.0. The van der Waals surface area contributed by atoms with Gasteiger partial charge in [0.25, 0.3) is 0 Å². The van der Waals surface area contributed by atoms with Crippen LogP contribution in [0.3, 0.4) is 0 Å². The van der Waals surface area contributed by atoms with E-state index in [4.69, 9.17) is 9.31 Å². The fourth-order valence-electron chi connectivity index (χ4n) is 2.52. The Balaban J connectivity index is 1.99. The van der Waals surface area contributed by atoms with Crippen LogP contribution in [0.4, 0.5) is 10.1 Å². The Morgan fingerprint density at radius 2 is 1.91 bits per heavy atom. The molecule has 7 heteroatoms. The summed E-state index contributed by atoms with van der Waals surface area (Å²) in [5.74, 6) is -0.101. The summed E-state index contributed by atoms with van der Waals surface area (Å²) in [7, 11) is -1.02. The van der Waals surface area contributed by atoms with Gasteiger partial charge in [0.15, 0.2) is 0 Å². The predicted octanol–water partition coefficient (Wildman–Crippen LogP) is 3.79. The molecule has 3 rings (SSSR count). The van der Waals surface area contributed by atoms with Gasteiger partial charge in [-0.3, -0.25) is 4.79 Å². The number of hydrogen-bond acceptors (Lipinski definition) is 4. The number of nitrogens with one attached hydrogen (secondary N) is 1. The molecule has 2 aliphatic heterocycles. The van der Waals surface area contributed by atoms with Crippen molar-refractivity contribution in [2.24, 2.45) is 0 Å². The van der Waals surface area contributed by atoms with Crippen molar-refractivity contribution < 1.29 is 18.5 Å². The molecule has 0 unspecified atom stereocenters. The third-order valence-corrected chi connectivity index (χ3v) is 5.54. The molecular weight excluding hydrogens is 304 g/mol. The van der Waals surface area contributed by atoms with Crippen molar-refractivity contribution in [2.45, 2.75) is 51.7 Å². The van der Waals surface area contributed by atoms with Crippen LogP contribution in [0.2, 0.25) is 0 Å². The molecule has 1 amide bonds. The van der Waals surface area contributed by atoms with Crippen LogP contribution < -0.4 is 5.32 Å². The Labute approximate surface area is 133 Å². The highest BCUT2D eigenvalue weighted by Gasteiger charge is 2.53. The molecular formula is C15H19BFNO3S. The first-order valence-electron chi connectivity index (χ1n) is 7.33. The lowest BCUT2D eigenvalue weighted by Crippen LogP contribution is -2.41. The third-order valence-electron chi connectivity index (χ3n) is 4.56. The first-order valence-corrected chi connectivity index (χ1v) is 8.21. The first-order chi connectivity index (χ1) is 10.2. The van der Waals surface area contributed by atoms with E-state index in [1.807, 2.05) is 33.1 Å². The van der Waals surface area contributed by atoms with Crippen LogP contribution in [0.5, 0.6) is 0 Å². The summed E-state index contributed by atoms with van der Waals surface area (Å²) in [5, 5.41) is 4.64. The quantitative estimate of drug-likeness (QED) is 0.800. The molecule has 1 aromatic heterocycles. The SMILES string of the molecule is CC1(C)OB(C(F)=C2CCC(=O)Nc3ccsc32)OC1(C)C. The number of hydrogen-bond donors (Lipinski definition) is 1. The number of amides is 1. The van der Waals surface area contributed by atoms with E-state index in [-0.39, 0.29) is 12.3 Å². The second-order valence-corrected chi connectivity index (χ2v) is 7.54. The molecule has 0 atom stereocenters. The van der Waals surface area contributed by atoms with Gasteiger partial charge in [-0.2, -0.15) is 0 Å². The summed E-state index contributed by atoms with van der Waals surface area (Å²) in [5.41, 5.74) is -0.450. The molecule has 0 aliphatic carbocycles. The van der Waals surface area contributed by atoms with Crippen LogP contribution in [0.15, 0.2) is 17.2 Å². The highest BCUT2D eigenvalue weighted by molar-refractivity contribution is 7.11. The normalized spacial score (nSPS) is 25.5. The third kappa shape index (κ3) is 2.51. The zero-order chi connectivity index (χ0) is 16.1. The second-order valence-electron chi connectivity index (χ2n) is 6.63. The van der Waals surface area contributed by atoms with Gasteiger partial charge in [-0.05, 0) is 51.1 Å². The smallest absolute Gasteiger partial charge is 0.398 e. The molecule has 1 fully saturated rings. The lowest BCUT2D eigenvalue weighted by atomic mass is 9.83. The van der Waals surface area contributed by atoms with Gasteiger partial charge in [-0.1, -0.05) is 0 Å². The van der Waals surface area contributed by atoms with E-state index in [0.717, 1.165) is 4.88 Å². The number of rotatable bonds is 1. The number of halogens is 1. The number of allylic oxidation sites excluding steroid dienone is 1. The van der Waals surface area contributed by atoms with Gasteiger partial charge in [0, 0.05) is 6.42 Å². The summed E-state index contributed by atoms with van der Waals surface area (Å²) in [6.07, 6.45) is 0.596. The number of carbonyl (C=O) groups excluding carboxylic acids is 1.